The molecular formula is C10H14N4S. The minimum absolute atomic E-state index is 0.398. The van der Waals surface area contributed by atoms with Crippen LogP contribution in [0.15, 0.2) is 17.8 Å². The second-order valence-corrected chi connectivity index (χ2v) is 5.01. The van der Waals surface area contributed by atoms with Gasteiger partial charge in [0.05, 0.1) is 5.69 Å². The molecule has 1 aliphatic carbocycles. The van der Waals surface area contributed by atoms with Gasteiger partial charge in [-0.1, -0.05) is 0 Å². The number of fused-ring (bicyclic) bond motifs is 1. The summed E-state index contributed by atoms with van der Waals surface area (Å²) < 4.78 is 2.07. The van der Waals surface area contributed by atoms with E-state index in [2.05, 4.69) is 21.0 Å². The fraction of sp³-hybridized carbons (Fsp3) is 0.500. The lowest BCUT2D eigenvalue weighted by molar-refractivity contribution is 0.469. The number of nitrogens with one attached hydrogen (secondary N) is 1. The molecule has 1 unspecified atom stereocenters. The molecule has 0 bridgehead atoms. The van der Waals surface area contributed by atoms with Gasteiger partial charge in [0.25, 0.3) is 0 Å². The lowest BCUT2D eigenvalue weighted by atomic mass is 10.1. The Bertz CT molecular complexity index is 428. The summed E-state index contributed by atoms with van der Waals surface area (Å²) in [6.45, 7) is 0. The molecular weight excluding hydrogens is 208 g/mol. The van der Waals surface area contributed by atoms with E-state index in [0.29, 0.717) is 6.04 Å². The van der Waals surface area contributed by atoms with E-state index in [9.17, 15) is 0 Å². The first-order valence-corrected chi connectivity index (χ1v) is 6.12. The minimum Gasteiger partial charge on any atom is -0.297 e. The topological polar surface area (TPSA) is 55.3 Å². The van der Waals surface area contributed by atoms with E-state index in [1.807, 2.05) is 11.6 Å². The third kappa shape index (κ3) is 1.78. The van der Waals surface area contributed by atoms with Crippen LogP contribution in [0.1, 0.15) is 18.5 Å². The zero-order valence-electron chi connectivity index (χ0n) is 8.39. The Hall–Kier alpha value is -0.910. The normalized spacial score (nSPS) is 18.5. The number of rotatable bonds is 4. The van der Waals surface area contributed by atoms with Crippen LogP contribution in [0.25, 0.3) is 4.96 Å². The second-order valence-electron chi connectivity index (χ2n) is 4.14. The van der Waals surface area contributed by atoms with Gasteiger partial charge in [-0.2, -0.15) is 0 Å². The van der Waals surface area contributed by atoms with Crippen molar-refractivity contribution in [3.8, 4) is 0 Å². The smallest absolute Gasteiger partial charge is 0.193 e. The molecule has 4 nitrogen and oxygen atoms in total. The van der Waals surface area contributed by atoms with Crippen LogP contribution in [0.4, 0.5) is 0 Å². The van der Waals surface area contributed by atoms with Crippen molar-refractivity contribution < 1.29 is 0 Å². The van der Waals surface area contributed by atoms with Crippen LogP contribution in [0.5, 0.6) is 0 Å². The zero-order chi connectivity index (χ0) is 10.3. The molecule has 1 aliphatic rings. The van der Waals surface area contributed by atoms with E-state index in [4.69, 9.17) is 5.84 Å². The van der Waals surface area contributed by atoms with Gasteiger partial charge in [-0.15, -0.1) is 11.3 Å². The molecule has 1 atom stereocenters. The standard InChI is InChI=1S/C10H14N4S/c11-13-9(7-1-2-7)5-8-6-14-3-4-15-10(14)12-8/h3-4,6-7,9,13H,1-2,5,11H2. The van der Waals surface area contributed by atoms with Crippen molar-refractivity contribution in [1.82, 2.24) is 14.8 Å². The quantitative estimate of drug-likeness (QED) is 0.603. The fourth-order valence-corrected chi connectivity index (χ4v) is 2.68. The molecule has 0 radical (unpaired) electrons. The van der Waals surface area contributed by atoms with Crippen molar-refractivity contribution in [3.05, 3.63) is 23.5 Å². The molecule has 0 aromatic carbocycles. The van der Waals surface area contributed by atoms with Gasteiger partial charge in [-0.25, -0.2) is 4.98 Å². The summed E-state index contributed by atoms with van der Waals surface area (Å²) in [5, 5.41) is 2.05. The molecule has 0 amide bonds. The number of thiazole rings is 1. The summed E-state index contributed by atoms with van der Waals surface area (Å²) in [6.07, 6.45) is 7.68. The minimum atomic E-state index is 0.398. The third-order valence-corrected chi connectivity index (χ3v) is 3.75. The SMILES string of the molecule is NNC(Cc1cn2ccsc2n1)C1CC1. The summed E-state index contributed by atoms with van der Waals surface area (Å²) in [4.78, 5) is 5.62. The lowest BCUT2D eigenvalue weighted by Crippen LogP contribution is -2.38. The molecule has 15 heavy (non-hydrogen) atoms. The molecule has 2 aromatic heterocycles. The van der Waals surface area contributed by atoms with Gasteiger partial charge >= 0.3 is 0 Å². The van der Waals surface area contributed by atoms with Gasteiger partial charge in [0.1, 0.15) is 0 Å². The van der Waals surface area contributed by atoms with Crippen molar-refractivity contribution in [2.45, 2.75) is 25.3 Å². The van der Waals surface area contributed by atoms with Crippen molar-refractivity contribution in [2.24, 2.45) is 11.8 Å². The van der Waals surface area contributed by atoms with E-state index >= 15 is 0 Å². The number of hydrazine groups is 1. The molecule has 0 saturated heterocycles. The van der Waals surface area contributed by atoms with Crippen LogP contribution in [0.2, 0.25) is 0 Å². The number of hydrogen-bond donors (Lipinski definition) is 2. The van der Waals surface area contributed by atoms with Crippen molar-refractivity contribution in [1.29, 1.82) is 0 Å². The van der Waals surface area contributed by atoms with E-state index < -0.39 is 0 Å². The maximum Gasteiger partial charge on any atom is 0.193 e. The molecule has 0 aliphatic heterocycles. The number of aromatic nitrogens is 2. The zero-order valence-corrected chi connectivity index (χ0v) is 9.20. The molecule has 2 heterocycles. The van der Waals surface area contributed by atoms with Crippen molar-refractivity contribution >= 4 is 16.3 Å². The highest BCUT2D eigenvalue weighted by Crippen LogP contribution is 2.33. The van der Waals surface area contributed by atoms with Crippen molar-refractivity contribution in [3.63, 3.8) is 0 Å². The number of nitrogens with zero attached hydrogens (tertiary/aromatic N) is 2. The highest BCUT2D eigenvalue weighted by atomic mass is 32.1. The predicted octanol–water partition coefficient (Wildman–Crippen LogP) is 1.18. The van der Waals surface area contributed by atoms with Gasteiger partial charge in [-0.3, -0.25) is 15.7 Å². The van der Waals surface area contributed by atoms with Gasteiger partial charge < -0.3 is 0 Å². The van der Waals surface area contributed by atoms with Gasteiger partial charge in [0, 0.05) is 30.2 Å². The second kappa shape index (κ2) is 3.59. The fourth-order valence-electron chi connectivity index (χ4n) is 1.96. The predicted molar refractivity (Wildman–Crippen MR) is 60.6 cm³/mol. The summed E-state index contributed by atoms with van der Waals surface area (Å²) in [5.74, 6) is 6.31. The Morgan fingerprint density at radius 1 is 1.67 bits per heavy atom. The van der Waals surface area contributed by atoms with Crippen LogP contribution in [-0.4, -0.2) is 15.4 Å². The average molecular weight is 222 g/mol. The highest BCUT2D eigenvalue weighted by molar-refractivity contribution is 7.15. The van der Waals surface area contributed by atoms with E-state index in [-0.39, 0.29) is 0 Å². The molecule has 1 fully saturated rings. The van der Waals surface area contributed by atoms with Crippen LogP contribution < -0.4 is 11.3 Å². The molecule has 2 aromatic rings. The van der Waals surface area contributed by atoms with Crippen LogP contribution in [-0.2, 0) is 6.42 Å². The summed E-state index contributed by atoms with van der Waals surface area (Å²) in [6, 6.07) is 0.398. The molecule has 5 heteroatoms. The molecule has 0 spiro atoms. The largest absolute Gasteiger partial charge is 0.297 e. The van der Waals surface area contributed by atoms with E-state index in [1.165, 1.54) is 12.8 Å². The van der Waals surface area contributed by atoms with E-state index in [0.717, 1.165) is 23.0 Å². The van der Waals surface area contributed by atoms with Gasteiger partial charge in [0.15, 0.2) is 4.96 Å². The third-order valence-electron chi connectivity index (χ3n) is 2.98. The van der Waals surface area contributed by atoms with Crippen LogP contribution >= 0.6 is 11.3 Å². The Morgan fingerprint density at radius 2 is 2.53 bits per heavy atom. The maximum atomic E-state index is 5.55. The lowest BCUT2D eigenvalue weighted by Gasteiger charge is -2.12. The van der Waals surface area contributed by atoms with Gasteiger partial charge in [-0.05, 0) is 18.8 Å². The first kappa shape index (κ1) is 9.33. The monoisotopic (exact) mass is 222 g/mol. The maximum absolute atomic E-state index is 5.55. The van der Waals surface area contributed by atoms with E-state index in [1.54, 1.807) is 11.3 Å². The highest BCUT2D eigenvalue weighted by Gasteiger charge is 2.30. The Kier molecular flexibility index (Phi) is 2.23. The molecule has 1 saturated carbocycles. The van der Waals surface area contributed by atoms with Gasteiger partial charge in [0.2, 0.25) is 0 Å². The Labute approximate surface area is 92.1 Å². The molecule has 80 valence electrons. The number of hydrogen-bond acceptors (Lipinski definition) is 4. The molecule has 3 rings (SSSR count). The molecule has 3 N–H and O–H groups in total. The summed E-state index contributed by atoms with van der Waals surface area (Å²) in [7, 11) is 0. The summed E-state index contributed by atoms with van der Waals surface area (Å²) >= 11 is 1.67. The number of imidazole rings is 1. The Morgan fingerprint density at radius 3 is 3.20 bits per heavy atom. The first-order valence-electron chi connectivity index (χ1n) is 5.24. The number of nitrogens with two attached hydrogens (primary N) is 1. The first-order chi connectivity index (χ1) is 7.36. The van der Waals surface area contributed by atoms with Crippen LogP contribution in [0.3, 0.4) is 0 Å². The van der Waals surface area contributed by atoms with Crippen LogP contribution in [0, 0.1) is 5.92 Å². The summed E-state index contributed by atoms with van der Waals surface area (Å²) in [5.41, 5.74) is 4.04. The Balaban J connectivity index is 1.78. The van der Waals surface area contributed by atoms with Crippen molar-refractivity contribution in [2.75, 3.05) is 0 Å². The average Bonchev–Trinajstić information content (AvgIpc) is 2.86.